The van der Waals surface area contributed by atoms with E-state index in [9.17, 15) is 9.90 Å². The predicted octanol–water partition coefficient (Wildman–Crippen LogP) is 1.44. The molecule has 5 heteroatoms. The van der Waals surface area contributed by atoms with E-state index in [4.69, 9.17) is 4.74 Å². The lowest BCUT2D eigenvalue weighted by Gasteiger charge is -2.14. The molecule has 0 aliphatic heterocycles. The van der Waals surface area contributed by atoms with Crippen molar-refractivity contribution in [3.63, 3.8) is 0 Å². The Bertz CT molecular complexity index is 376. The average Bonchev–Trinajstić information content (AvgIpc) is 2.35. The van der Waals surface area contributed by atoms with Gasteiger partial charge in [-0.2, -0.15) is 0 Å². The fourth-order valence-electron chi connectivity index (χ4n) is 1.45. The summed E-state index contributed by atoms with van der Waals surface area (Å²) >= 11 is 0. The van der Waals surface area contributed by atoms with Gasteiger partial charge in [-0.05, 0) is 31.5 Å². The molecule has 1 rings (SSSR count). The van der Waals surface area contributed by atoms with Gasteiger partial charge >= 0.3 is 6.03 Å². The molecular formula is C13H20N2O3. The summed E-state index contributed by atoms with van der Waals surface area (Å²) in [5, 5.41) is 15.2. The highest BCUT2D eigenvalue weighted by molar-refractivity contribution is 5.74. The molecule has 2 amide bonds. The van der Waals surface area contributed by atoms with Crippen LogP contribution in [0, 0.1) is 0 Å². The summed E-state index contributed by atoms with van der Waals surface area (Å²) in [7, 11) is 1.59. The van der Waals surface area contributed by atoms with E-state index in [0.29, 0.717) is 0 Å². The molecule has 0 saturated carbocycles. The third-order valence-corrected chi connectivity index (χ3v) is 2.38. The molecule has 100 valence electrons. The van der Waals surface area contributed by atoms with Gasteiger partial charge in [-0.3, -0.25) is 0 Å². The Balaban J connectivity index is 2.44. The van der Waals surface area contributed by atoms with E-state index in [-0.39, 0.29) is 18.6 Å². The van der Waals surface area contributed by atoms with Crippen molar-refractivity contribution in [3.05, 3.63) is 29.8 Å². The fourth-order valence-corrected chi connectivity index (χ4v) is 1.45. The van der Waals surface area contributed by atoms with Crippen molar-refractivity contribution in [2.45, 2.75) is 26.0 Å². The normalized spacial score (nSPS) is 12.1. The SMILES string of the molecule is COc1ccc(C(O)CNC(=O)NC(C)C)cc1. The highest BCUT2D eigenvalue weighted by atomic mass is 16.5. The van der Waals surface area contributed by atoms with Gasteiger partial charge in [0.05, 0.1) is 13.2 Å². The summed E-state index contributed by atoms with van der Waals surface area (Å²) in [4.78, 5) is 11.3. The number of urea groups is 1. The van der Waals surface area contributed by atoms with E-state index in [1.165, 1.54) is 0 Å². The molecule has 1 atom stereocenters. The lowest BCUT2D eigenvalue weighted by atomic mass is 10.1. The molecule has 0 bridgehead atoms. The van der Waals surface area contributed by atoms with Gasteiger partial charge in [0, 0.05) is 12.6 Å². The molecule has 1 unspecified atom stereocenters. The van der Waals surface area contributed by atoms with Crippen LogP contribution >= 0.6 is 0 Å². The van der Waals surface area contributed by atoms with Crippen LogP contribution < -0.4 is 15.4 Å². The molecule has 0 fully saturated rings. The first-order chi connectivity index (χ1) is 8.52. The maximum absolute atomic E-state index is 11.3. The van der Waals surface area contributed by atoms with Crippen LogP contribution in [-0.4, -0.2) is 30.8 Å². The number of nitrogens with one attached hydrogen (secondary N) is 2. The van der Waals surface area contributed by atoms with Gasteiger partial charge in [-0.25, -0.2) is 4.79 Å². The molecule has 18 heavy (non-hydrogen) atoms. The molecule has 0 radical (unpaired) electrons. The molecule has 1 aromatic rings. The van der Waals surface area contributed by atoms with E-state index < -0.39 is 6.10 Å². The molecule has 0 heterocycles. The van der Waals surface area contributed by atoms with Crippen LogP contribution in [0.25, 0.3) is 0 Å². The van der Waals surface area contributed by atoms with Crippen molar-refractivity contribution in [2.24, 2.45) is 0 Å². The highest BCUT2D eigenvalue weighted by Crippen LogP contribution is 2.16. The minimum absolute atomic E-state index is 0.0723. The maximum Gasteiger partial charge on any atom is 0.315 e. The number of hydrogen-bond acceptors (Lipinski definition) is 3. The lowest BCUT2D eigenvalue weighted by Crippen LogP contribution is -2.41. The summed E-state index contributed by atoms with van der Waals surface area (Å²) in [6.45, 7) is 3.92. The number of carbonyl (C=O) groups is 1. The Hall–Kier alpha value is -1.75. The predicted molar refractivity (Wildman–Crippen MR) is 69.6 cm³/mol. The molecule has 0 saturated heterocycles. The van der Waals surface area contributed by atoms with Gasteiger partial charge in [-0.1, -0.05) is 12.1 Å². The van der Waals surface area contributed by atoms with Gasteiger partial charge in [-0.15, -0.1) is 0 Å². The van der Waals surface area contributed by atoms with Crippen molar-refractivity contribution < 1.29 is 14.6 Å². The molecule has 0 aliphatic carbocycles. The lowest BCUT2D eigenvalue weighted by molar-refractivity contribution is 0.172. The summed E-state index contributed by atoms with van der Waals surface area (Å²) in [6, 6.07) is 6.87. The van der Waals surface area contributed by atoms with Gasteiger partial charge in [0.15, 0.2) is 0 Å². The monoisotopic (exact) mass is 252 g/mol. The summed E-state index contributed by atoms with van der Waals surface area (Å²) in [5.74, 6) is 0.733. The first-order valence-corrected chi connectivity index (χ1v) is 5.89. The molecule has 0 aliphatic rings. The molecule has 0 aromatic heterocycles. The van der Waals surface area contributed by atoms with Crippen molar-refractivity contribution in [1.82, 2.24) is 10.6 Å². The number of rotatable bonds is 5. The number of amides is 2. The number of aliphatic hydroxyl groups excluding tert-OH is 1. The van der Waals surface area contributed by atoms with Crippen LogP contribution in [0.3, 0.4) is 0 Å². The summed E-state index contributed by atoms with van der Waals surface area (Å²) in [6.07, 6.45) is -0.728. The molecule has 5 nitrogen and oxygen atoms in total. The number of methoxy groups -OCH3 is 1. The van der Waals surface area contributed by atoms with Gasteiger partial charge in [0.2, 0.25) is 0 Å². The van der Waals surface area contributed by atoms with Crippen molar-refractivity contribution >= 4 is 6.03 Å². The van der Waals surface area contributed by atoms with Crippen LogP contribution in [0.5, 0.6) is 5.75 Å². The zero-order valence-electron chi connectivity index (χ0n) is 10.9. The standard InChI is InChI=1S/C13H20N2O3/c1-9(2)15-13(17)14-8-12(16)10-4-6-11(18-3)7-5-10/h4-7,9,12,16H,8H2,1-3H3,(H2,14,15,17). The van der Waals surface area contributed by atoms with E-state index in [1.54, 1.807) is 31.4 Å². The highest BCUT2D eigenvalue weighted by Gasteiger charge is 2.09. The van der Waals surface area contributed by atoms with Crippen molar-refractivity contribution in [3.8, 4) is 5.75 Å². The Morgan fingerprint density at radius 1 is 1.33 bits per heavy atom. The topological polar surface area (TPSA) is 70.6 Å². The Kier molecular flexibility index (Phi) is 5.45. The minimum Gasteiger partial charge on any atom is -0.497 e. The van der Waals surface area contributed by atoms with Gasteiger partial charge < -0.3 is 20.5 Å². The second-order valence-electron chi connectivity index (χ2n) is 4.30. The fraction of sp³-hybridized carbons (Fsp3) is 0.462. The number of aliphatic hydroxyl groups is 1. The van der Waals surface area contributed by atoms with Crippen LogP contribution in [0.1, 0.15) is 25.5 Å². The minimum atomic E-state index is -0.728. The smallest absolute Gasteiger partial charge is 0.315 e. The van der Waals surface area contributed by atoms with E-state index in [2.05, 4.69) is 10.6 Å². The van der Waals surface area contributed by atoms with Crippen LogP contribution in [0.4, 0.5) is 4.79 Å². The van der Waals surface area contributed by atoms with Crippen LogP contribution in [0.2, 0.25) is 0 Å². The molecule has 1 aromatic carbocycles. The molecule has 0 spiro atoms. The third-order valence-electron chi connectivity index (χ3n) is 2.38. The zero-order valence-corrected chi connectivity index (χ0v) is 10.9. The Morgan fingerprint density at radius 2 is 1.94 bits per heavy atom. The zero-order chi connectivity index (χ0) is 13.5. The molecular weight excluding hydrogens is 232 g/mol. The van der Waals surface area contributed by atoms with Crippen molar-refractivity contribution in [2.75, 3.05) is 13.7 Å². The van der Waals surface area contributed by atoms with E-state index >= 15 is 0 Å². The third kappa shape index (κ3) is 4.63. The number of hydrogen-bond donors (Lipinski definition) is 3. The van der Waals surface area contributed by atoms with E-state index in [1.807, 2.05) is 13.8 Å². The first-order valence-electron chi connectivity index (χ1n) is 5.89. The Labute approximate surface area is 107 Å². The molecule has 3 N–H and O–H groups in total. The quantitative estimate of drug-likeness (QED) is 0.742. The maximum atomic E-state index is 11.3. The average molecular weight is 252 g/mol. The second-order valence-corrected chi connectivity index (χ2v) is 4.30. The second kappa shape index (κ2) is 6.86. The van der Waals surface area contributed by atoms with Crippen LogP contribution in [0.15, 0.2) is 24.3 Å². The van der Waals surface area contributed by atoms with E-state index in [0.717, 1.165) is 11.3 Å². The number of carbonyl (C=O) groups excluding carboxylic acids is 1. The Morgan fingerprint density at radius 3 is 2.44 bits per heavy atom. The summed E-state index contributed by atoms with van der Waals surface area (Å²) in [5.41, 5.74) is 0.737. The largest absolute Gasteiger partial charge is 0.497 e. The number of benzene rings is 1. The van der Waals surface area contributed by atoms with Gasteiger partial charge in [0.25, 0.3) is 0 Å². The van der Waals surface area contributed by atoms with Crippen LogP contribution in [-0.2, 0) is 0 Å². The number of ether oxygens (including phenoxy) is 1. The summed E-state index contributed by atoms with van der Waals surface area (Å²) < 4.78 is 5.03. The van der Waals surface area contributed by atoms with Gasteiger partial charge in [0.1, 0.15) is 5.75 Å². The van der Waals surface area contributed by atoms with Crippen molar-refractivity contribution in [1.29, 1.82) is 0 Å². The first kappa shape index (κ1) is 14.3.